The maximum absolute atomic E-state index is 14.5. The molecule has 0 spiro atoms. The number of hydrogen-bond acceptors (Lipinski definition) is 5. The first-order valence-electron chi connectivity index (χ1n) is 10.8. The Hall–Kier alpha value is -3.10. The van der Waals surface area contributed by atoms with E-state index in [-0.39, 0.29) is 23.6 Å². The van der Waals surface area contributed by atoms with Gasteiger partial charge in [-0.1, -0.05) is 51.1 Å². The maximum Gasteiger partial charge on any atom is 0.293 e. The zero-order valence-electron chi connectivity index (χ0n) is 19.1. The molecule has 3 aromatic rings. The van der Waals surface area contributed by atoms with E-state index in [0.717, 1.165) is 23.8 Å². The van der Waals surface area contributed by atoms with E-state index in [1.54, 1.807) is 6.20 Å². The minimum atomic E-state index is -0.546. The lowest BCUT2D eigenvalue weighted by molar-refractivity contribution is -0.133. The molecule has 6 nitrogen and oxygen atoms in total. The van der Waals surface area contributed by atoms with E-state index in [0.29, 0.717) is 31.1 Å². The molecule has 2 aromatic carbocycles. The van der Waals surface area contributed by atoms with Crippen LogP contribution in [0.2, 0.25) is 0 Å². The summed E-state index contributed by atoms with van der Waals surface area (Å²) in [5.74, 6) is -0.421. The van der Waals surface area contributed by atoms with Gasteiger partial charge in [0.15, 0.2) is 0 Å². The average Bonchev–Trinajstić information content (AvgIpc) is 3.17. The number of nitrogens with zero attached hydrogens (tertiary/aromatic N) is 2. The molecule has 3 rings (SSSR count). The highest BCUT2D eigenvalue weighted by Gasteiger charge is 2.31. The van der Waals surface area contributed by atoms with Crippen molar-refractivity contribution >= 4 is 6.47 Å². The van der Waals surface area contributed by atoms with Crippen LogP contribution in [-0.2, 0) is 16.1 Å². The van der Waals surface area contributed by atoms with Crippen molar-refractivity contribution in [3.63, 3.8) is 0 Å². The quantitative estimate of drug-likeness (QED) is 0.450. The molecule has 1 heterocycles. The van der Waals surface area contributed by atoms with Crippen LogP contribution in [0.15, 0.2) is 54.7 Å². The van der Waals surface area contributed by atoms with Gasteiger partial charge in [-0.25, -0.2) is 13.8 Å². The average molecular weight is 457 g/mol. The number of nitrogens with one attached hydrogen (secondary N) is 1. The molecule has 0 radical (unpaired) electrons. The van der Waals surface area contributed by atoms with E-state index < -0.39 is 17.7 Å². The van der Waals surface area contributed by atoms with Crippen LogP contribution in [0.25, 0.3) is 11.3 Å². The molecule has 0 saturated carbocycles. The van der Waals surface area contributed by atoms with Gasteiger partial charge >= 0.3 is 0 Å². The summed E-state index contributed by atoms with van der Waals surface area (Å²) >= 11 is 0. The van der Waals surface area contributed by atoms with E-state index in [9.17, 15) is 13.6 Å². The Morgan fingerprint density at radius 3 is 2.55 bits per heavy atom. The lowest BCUT2D eigenvalue weighted by Crippen LogP contribution is -2.41. The largest absolute Gasteiger partial charge is 0.462 e. The third-order valence-corrected chi connectivity index (χ3v) is 5.39. The van der Waals surface area contributed by atoms with E-state index in [1.807, 2.05) is 55.7 Å². The van der Waals surface area contributed by atoms with Gasteiger partial charge in [-0.15, -0.1) is 0 Å². The molecular formula is C25H30F2N4O2. The summed E-state index contributed by atoms with van der Waals surface area (Å²) in [5.41, 5.74) is 6.89. The number of benzene rings is 2. The highest BCUT2D eigenvalue weighted by Crippen LogP contribution is 2.35. The van der Waals surface area contributed by atoms with Gasteiger partial charge in [-0.2, -0.15) is 0 Å². The predicted octanol–water partition coefficient (Wildman–Crippen LogP) is 4.05. The van der Waals surface area contributed by atoms with Gasteiger partial charge in [0.1, 0.15) is 23.6 Å². The molecule has 0 unspecified atom stereocenters. The molecule has 0 fully saturated rings. The molecule has 1 aromatic heterocycles. The van der Waals surface area contributed by atoms with Gasteiger partial charge in [0.2, 0.25) is 0 Å². The Morgan fingerprint density at radius 1 is 1.18 bits per heavy atom. The molecule has 8 heteroatoms. The van der Waals surface area contributed by atoms with Gasteiger partial charge in [0.05, 0.1) is 11.7 Å². The number of nitrogens with two attached hydrogens (primary N) is 1. The third-order valence-electron chi connectivity index (χ3n) is 5.39. The minimum absolute atomic E-state index is 0.0971. The second-order valence-corrected chi connectivity index (χ2v) is 9.02. The minimum Gasteiger partial charge on any atom is -0.462 e. The van der Waals surface area contributed by atoms with E-state index in [4.69, 9.17) is 15.5 Å². The Bertz CT molecular complexity index is 1060. The van der Waals surface area contributed by atoms with Gasteiger partial charge in [-0.3, -0.25) is 4.79 Å². The molecule has 0 aliphatic rings. The van der Waals surface area contributed by atoms with Crippen LogP contribution in [0.5, 0.6) is 0 Å². The van der Waals surface area contributed by atoms with Crippen molar-refractivity contribution in [1.82, 2.24) is 14.9 Å². The SMILES string of the molecule is CC(C)(C)[C@@H](NC[C@H](CN)OC=O)c1nc(-c2cc(F)ccc2F)cn1Cc1ccccc1. The summed E-state index contributed by atoms with van der Waals surface area (Å²) in [6.07, 6.45) is 1.24. The number of imidazole rings is 1. The second-order valence-electron chi connectivity index (χ2n) is 9.02. The molecule has 0 aliphatic heterocycles. The zero-order chi connectivity index (χ0) is 24.0. The Balaban J connectivity index is 2.06. The highest BCUT2D eigenvalue weighted by molar-refractivity contribution is 5.59. The molecule has 33 heavy (non-hydrogen) atoms. The fourth-order valence-corrected chi connectivity index (χ4v) is 3.69. The van der Waals surface area contributed by atoms with E-state index >= 15 is 0 Å². The number of aromatic nitrogens is 2. The van der Waals surface area contributed by atoms with Gasteiger partial charge in [0.25, 0.3) is 6.47 Å². The Morgan fingerprint density at radius 2 is 1.91 bits per heavy atom. The highest BCUT2D eigenvalue weighted by atomic mass is 19.1. The summed E-state index contributed by atoms with van der Waals surface area (Å²) in [5, 5.41) is 3.41. The van der Waals surface area contributed by atoms with Crippen molar-refractivity contribution in [3.8, 4) is 11.3 Å². The van der Waals surface area contributed by atoms with Crippen molar-refractivity contribution in [1.29, 1.82) is 0 Å². The number of halogens is 2. The van der Waals surface area contributed by atoms with E-state index in [2.05, 4.69) is 5.32 Å². The molecule has 2 atom stereocenters. The molecular weight excluding hydrogens is 426 g/mol. The molecule has 0 amide bonds. The number of ether oxygens (including phenoxy) is 1. The summed E-state index contributed by atoms with van der Waals surface area (Å²) in [7, 11) is 0. The molecule has 0 bridgehead atoms. The lowest BCUT2D eigenvalue weighted by Gasteiger charge is -2.32. The van der Waals surface area contributed by atoms with Crippen molar-refractivity contribution in [3.05, 3.63) is 77.8 Å². The van der Waals surface area contributed by atoms with Crippen LogP contribution in [0.1, 0.15) is 38.2 Å². The maximum atomic E-state index is 14.5. The summed E-state index contributed by atoms with van der Waals surface area (Å²) < 4.78 is 35.4. The molecule has 176 valence electrons. The van der Waals surface area contributed by atoms with Crippen LogP contribution in [-0.4, -0.2) is 35.2 Å². The topological polar surface area (TPSA) is 82.2 Å². The number of carbonyl (C=O) groups excluding carboxylic acids is 1. The van der Waals surface area contributed by atoms with Crippen molar-refractivity contribution in [2.24, 2.45) is 11.1 Å². The lowest BCUT2D eigenvalue weighted by atomic mass is 9.86. The first-order chi connectivity index (χ1) is 15.7. The van der Waals surface area contributed by atoms with Crippen LogP contribution in [0.3, 0.4) is 0 Å². The normalized spacial score (nSPS) is 13.5. The van der Waals surface area contributed by atoms with Crippen LogP contribution < -0.4 is 11.1 Å². The van der Waals surface area contributed by atoms with Gasteiger partial charge < -0.3 is 20.4 Å². The smallest absolute Gasteiger partial charge is 0.293 e. The fraction of sp³-hybridized carbons (Fsp3) is 0.360. The standard InChI is InChI=1S/C25H30F2N4O2/c1-25(2,3)23(29-13-19(12-28)33-16-32)24-30-22(20-11-18(26)9-10-21(20)27)15-31(24)14-17-7-5-4-6-8-17/h4-11,15-16,19,23,29H,12-14,28H2,1-3H3/t19-,23-/m0/s1. The zero-order valence-corrected chi connectivity index (χ0v) is 19.1. The summed E-state index contributed by atoms with van der Waals surface area (Å²) in [6.45, 7) is 7.51. The monoisotopic (exact) mass is 456 g/mol. The van der Waals surface area contributed by atoms with Crippen LogP contribution >= 0.6 is 0 Å². The van der Waals surface area contributed by atoms with Crippen LogP contribution in [0, 0.1) is 17.0 Å². The fourth-order valence-electron chi connectivity index (χ4n) is 3.69. The first kappa shape index (κ1) is 24.5. The summed E-state index contributed by atoms with van der Waals surface area (Å²) in [4.78, 5) is 15.5. The van der Waals surface area contributed by atoms with E-state index in [1.165, 1.54) is 0 Å². The molecule has 0 saturated heterocycles. The number of rotatable bonds is 10. The van der Waals surface area contributed by atoms with Crippen molar-refractivity contribution in [2.45, 2.75) is 39.5 Å². The van der Waals surface area contributed by atoms with Crippen LogP contribution in [0.4, 0.5) is 8.78 Å². The van der Waals surface area contributed by atoms with Gasteiger partial charge in [0, 0.05) is 31.4 Å². The second kappa shape index (κ2) is 10.7. The molecule has 3 N–H and O–H groups in total. The summed E-state index contributed by atoms with van der Waals surface area (Å²) in [6, 6.07) is 12.9. The first-order valence-corrected chi connectivity index (χ1v) is 10.8. The number of carbonyl (C=O) groups is 1. The van der Waals surface area contributed by atoms with Crippen molar-refractivity contribution < 1.29 is 18.3 Å². The van der Waals surface area contributed by atoms with Gasteiger partial charge in [-0.05, 0) is 29.2 Å². The Labute approximate surface area is 192 Å². The number of hydrogen-bond donors (Lipinski definition) is 2. The predicted molar refractivity (Wildman–Crippen MR) is 123 cm³/mol. The third kappa shape index (κ3) is 6.24. The van der Waals surface area contributed by atoms with Crippen molar-refractivity contribution in [2.75, 3.05) is 13.1 Å². The Kier molecular flexibility index (Phi) is 7.94. The molecule has 0 aliphatic carbocycles.